The van der Waals surface area contributed by atoms with Crippen molar-refractivity contribution in [1.29, 1.82) is 0 Å². The van der Waals surface area contributed by atoms with Crippen molar-refractivity contribution < 1.29 is 89.4 Å². The van der Waals surface area contributed by atoms with E-state index in [1.54, 1.807) is 6.08 Å². The molecule has 0 aromatic rings. The molecule has 0 bridgehead atoms. The zero-order valence-corrected chi connectivity index (χ0v) is 46.2. The first kappa shape index (κ1) is 68.5. The number of carbonyl (C=O) groups is 1. The molecule has 19 heteroatoms. The molecule has 0 aromatic carbocycles. The van der Waals surface area contributed by atoms with Crippen LogP contribution in [0.2, 0.25) is 0 Å². The third kappa shape index (κ3) is 25.4. The lowest BCUT2D eigenvalue weighted by molar-refractivity contribution is -0.379. The van der Waals surface area contributed by atoms with Crippen LogP contribution in [0.3, 0.4) is 0 Å². The van der Waals surface area contributed by atoms with Gasteiger partial charge in [0.1, 0.15) is 73.2 Å². The molecule has 3 rings (SSSR count). The zero-order chi connectivity index (χ0) is 55.5. The predicted octanol–water partition coefficient (Wildman–Crippen LogP) is 4.76. The monoisotopic (exact) mass is 1090 g/mol. The van der Waals surface area contributed by atoms with Crippen molar-refractivity contribution in [3.05, 3.63) is 24.3 Å². The average molecular weight is 1090 g/mol. The summed E-state index contributed by atoms with van der Waals surface area (Å²) in [7, 11) is 0. The van der Waals surface area contributed by atoms with Crippen molar-refractivity contribution in [2.24, 2.45) is 0 Å². The van der Waals surface area contributed by atoms with Crippen molar-refractivity contribution in [3.8, 4) is 0 Å². The summed E-state index contributed by atoms with van der Waals surface area (Å²) in [4.78, 5) is 13.3. The standard InChI is InChI=1S/C57H105NO18/c1-3-5-7-9-11-13-15-17-19-20-21-23-25-27-29-31-33-35-45(63)58-40(41(62)34-32-30-28-26-24-22-18-16-14-12-10-8-6-4-2)39-71-55-51(69)48(66)53(43(37-60)73-55)76-57-52(70)49(67)54(44(38-61)74-57)75-56-50(68)47(65)46(64)42(36-59)72-56/h17,19,32,34,40-44,46-57,59-62,64-70H,3-16,18,20-31,33,35-39H2,1-2H3,(H,58,63)/b19-17-,34-32+. The highest BCUT2D eigenvalue weighted by Gasteiger charge is 2.53. The summed E-state index contributed by atoms with van der Waals surface area (Å²) in [5, 5.41) is 120. The summed E-state index contributed by atoms with van der Waals surface area (Å²) in [6.45, 7) is 1.70. The molecular formula is C57H105NO18. The first-order valence-electron chi connectivity index (χ1n) is 29.6. The molecule has 12 N–H and O–H groups in total. The Bertz CT molecular complexity index is 1490. The van der Waals surface area contributed by atoms with E-state index in [1.165, 1.54) is 116 Å². The Labute approximate surface area is 454 Å². The van der Waals surface area contributed by atoms with E-state index >= 15 is 0 Å². The number of ether oxygens (including phenoxy) is 6. The van der Waals surface area contributed by atoms with E-state index in [1.807, 2.05) is 6.08 Å². The molecule has 17 atom stereocenters. The maximum absolute atomic E-state index is 13.3. The van der Waals surface area contributed by atoms with Crippen LogP contribution in [-0.2, 0) is 33.2 Å². The topological polar surface area (TPSA) is 307 Å². The van der Waals surface area contributed by atoms with Crippen molar-refractivity contribution >= 4 is 5.91 Å². The SMILES string of the molecule is CCCCCCCC/C=C\CCCCCCCCCC(=O)NC(COC1OC(CO)C(OC2OC(CO)C(OC3OC(CO)C(O)C(O)C3O)C(O)C2O)C(O)C1O)C(O)/C=C/CCCCCCCCCCCCCC. The summed E-state index contributed by atoms with van der Waals surface area (Å²) in [5.74, 6) is -0.281. The highest BCUT2D eigenvalue weighted by molar-refractivity contribution is 5.76. The first-order chi connectivity index (χ1) is 36.8. The van der Waals surface area contributed by atoms with E-state index in [9.17, 15) is 61.0 Å². The van der Waals surface area contributed by atoms with Gasteiger partial charge in [-0.3, -0.25) is 4.79 Å². The van der Waals surface area contributed by atoms with Crippen LogP contribution in [0, 0.1) is 0 Å². The molecule has 3 heterocycles. The summed E-state index contributed by atoms with van der Waals surface area (Å²) >= 11 is 0. The fraction of sp³-hybridized carbons (Fsp3) is 0.912. The molecule has 3 fully saturated rings. The lowest BCUT2D eigenvalue weighted by atomic mass is 9.96. The lowest BCUT2D eigenvalue weighted by Gasteiger charge is -2.48. The summed E-state index contributed by atoms with van der Waals surface area (Å²) in [6.07, 6.45) is 14.4. The van der Waals surface area contributed by atoms with Crippen LogP contribution in [0.15, 0.2) is 24.3 Å². The van der Waals surface area contributed by atoms with Gasteiger partial charge in [0.25, 0.3) is 0 Å². The number of hydrogen-bond donors (Lipinski definition) is 12. The predicted molar refractivity (Wildman–Crippen MR) is 286 cm³/mol. The third-order valence-electron chi connectivity index (χ3n) is 15.0. The maximum Gasteiger partial charge on any atom is 0.220 e. The largest absolute Gasteiger partial charge is 0.394 e. The van der Waals surface area contributed by atoms with Gasteiger partial charge in [-0.2, -0.15) is 0 Å². The van der Waals surface area contributed by atoms with E-state index in [4.69, 9.17) is 28.4 Å². The third-order valence-corrected chi connectivity index (χ3v) is 15.0. The molecule has 19 nitrogen and oxygen atoms in total. The van der Waals surface area contributed by atoms with Crippen LogP contribution in [-0.4, -0.2) is 193 Å². The number of nitrogens with one attached hydrogen (secondary N) is 1. The normalized spacial score (nSPS) is 31.1. The van der Waals surface area contributed by atoms with Gasteiger partial charge in [0.15, 0.2) is 18.9 Å². The molecule has 0 saturated carbocycles. The molecule has 3 aliphatic rings. The molecule has 446 valence electrons. The van der Waals surface area contributed by atoms with E-state index in [0.29, 0.717) is 6.42 Å². The number of unbranched alkanes of at least 4 members (excludes halogenated alkanes) is 25. The summed E-state index contributed by atoms with van der Waals surface area (Å²) < 4.78 is 34.2. The van der Waals surface area contributed by atoms with Gasteiger partial charge in [-0.15, -0.1) is 0 Å². The Kier molecular flexibility index (Phi) is 37.2. The molecule has 3 aliphatic heterocycles. The fourth-order valence-electron chi connectivity index (χ4n) is 10.1. The van der Waals surface area contributed by atoms with E-state index in [-0.39, 0.29) is 18.9 Å². The van der Waals surface area contributed by atoms with E-state index in [0.717, 1.165) is 57.8 Å². The Hall–Kier alpha value is -1.73. The van der Waals surface area contributed by atoms with Gasteiger partial charge in [-0.05, 0) is 44.9 Å². The van der Waals surface area contributed by atoms with Crippen LogP contribution in [0.4, 0.5) is 0 Å². The van der Waals surface area contributed by atoms with Gasteiger partial charge in [0.05, 0.1) is 38.6 Å². The molecule has 0 spiro atoms. The molecular weight excluding hydrogens is 987 g/mol. The molecule has 1 amide bonds. The average Bonchev–Trinajstić information content (AvgIpc) is 3.41. The van der Waals surface area contributed by atoms with Gasteiger partial charge in [0.2, 0.25) is 5.91 Å². The van der Waals surface area contributed by atoms with Crippen LogP contribution >= 0.6 is 0 Å². The summed E-state index contributed by atoms with van der Waals surface area (Å²) in [5.41, 5.74) is 0. The number of hydrogen-bond acceptors (Lipinski definition) is 18. The molecule has 0 radical (unpaired) electrons. The minimum absolute atomic E-state index is 0.240. The molecule has 17 unspecified atom stereocenters. The number of carbonyl (C=O) groups excluding carboxylic acids is 1. The second-order valence-corrected chi connectivity index (χ2v) is 21.5. The number of amides is 1. The van der Waals surface area contributed by atoms with Crippen LogP contribution < -0.4 is 5.32 Å². The zero-order valence-electron chi connectivity index (χ0n) is 46.2. The quantitative estimate of drug-likeness (QED) is 0.0289. The summed E-state index contributed by atoms with van der Waals surface area (Å²) in [6, 6.07) is -0.971. The van der Waals surface area contributed by atoms with Crippen molar-refractivity contribution in [2.75, 3.05) is 26.4 Å². The van der Waals surface area contributed by atoms with Gasteiger partial charge < -0.3 is 89.9 Å². The minimum Gasteiger partial charge on any atom is -0.394 e. The van der Waals surface area contributed by atoms with Crippen LogP contribution in [0.5, 0.6) is 0 Å². The number of aliphatic hydroxyl groups is 11. The van der Waals surface area contributed by atoms with Crippen molar-refractivity contribution in [1.82, 2.24) is 5.32 Å². The number of allylic oxidation sites excluding steroid dienone is 3. The minimum atomic E-state index is -1.98. The fourth-order valence-corrected chi connectivity index (χ4v) is 10.1. The van der Waals surface area contributed by atoms with Crippen molar-refractivity contribution in [3.63, 3.8) is 0 Å². The van der Waals surface area contributed by atoms with E-state index in [2.05, 4.69) is 31.3 Å². The Morgan fingerprint density at radius 1 is 0.461 bits per heavy atom. The molecule has 0 aromatic heterocycles. The molecule has 0 aliphatic carbocycles. The maximum atomic E-state index is 13.3. The van der Waals surface area contributed by atoms with Gasteiger partial charge >= 0.3 is 0 Å². The van der Waals surface area contributed by atoms with Crippen molar-refractivity contribution in [2.45, 2.75) is 304 Å². The first-order valence-corrected chi connectivity index (χ1v) is 29.6. The van der Waals surface area contributed by atoms with Crippen LogP contribution in [0.25, 0.3) is 0 Å². The van der Waals surface area contributed by atoms with E-state index < -0.39 is 124 Å². The molecule has 76 heavy (non-hydrogen) atoms. The second kappa shape index (κ2) is 41.3. The highest BCUT2D eigenvalue weighted by Crippen LogP contribution is 2.33. The Balaban J connectivity index is 1.52. The van der Waals surface area contributed by atoms with Gasteiger partial charge in [-0.25, -0.2) is 0 Å². The number of aliphatic hydroxyl groups excluding tert-OH is 11. The number of rotatable bonds is 43. The Morgan fingerprint density at radius 3 is 1.28 bits per heavy atom. The Morgan fingerprint density at radius 2 is 0.829 bits per heavy atom. The van der Waals surface area contributed by atoms with Gasteiger partial charge in [-0.1, -0.05) is 173 Å². The smallest absolute Gasteiger partial charge is 0.220 e. The van der Waals surface area contributed by atoms with Gasteiger partial charge in [0, 0.05) is 6.42 Å². The molecule has 3 saturated heterocycles. The van der Waals surface area contributed by atoms with Crippen LogP contribution in [0.1, 0.15) is 200 Å². The lowest BCUT2D eigenvalue weighted by Crippen LogP contribution is -2.66. The second-order valence-electron chi connectivity index (χ2n) is 21.5. The highest BCUT2D eigenvalue weighted by atomic mass is 16.8.